The van der Waals surface area contributed by atoms with Gasteiger partial charge in [-0.2, -0.15) is 5.10 Å². The van der Waals surface area contributed by atoms with Gasteiger partial charge >= 0.3 is 0 Å². The van der Waals surface area contributed by atoms with Crippen molar-refractivity contribution in [1.82, 2.24) is 20.1 Å². The van der Waals surface area contributed by atoms with Crippen LogP contribution in [0.15, 0.2) is 6.20 Å². The minimum absolute atomic E-state index is 0.0669. The second-order valence-corrected chi connectivity index (χ2v) is 6.96. The third-order valence-corrected chi connectivity index (χ3v) is 4.92. The Labute approximate surface area is 153 Å². The van der Waals surface area contributed by atoms with Crippen molar-refractivity contribution < 1.29 is 14.3 Å². The molecular formula is C19H26N4O3. The number of nitrogens with one attached hydrogen (secondary N) is 1. The highest BCUT2D eigenvalue weighted by molar-refractivity contribution is 5.94. The molecule has 0 saturated heterocycles. The minimum atomic E-state index is -0.121. The normalized spacial score (nSPS) is 19.2. The first-order chi connectivity index (χ1) is 12.3. The highest BCUT2D eigenvalue weighted by Crippen LogP contribution is 2.31. The van der Waals surface area contributed by atoms with Crippen LogP contribution in [0.5, 0.6) is 5.75 Å². The molecule has 1 aliphatic heterocycles. The zero-order valence-corrected chi connectivity index (χ0v) is 16.2. The third kappa shape index (κ3) is 3.19. The first kappa shape index (κ1) is 18.4. The molecule has 0 radical (unpaired) electrons. The van der Waals surface area contributed by atoms with E-state index in [1.54, 1.807) is 25.3 Å². The van der Waals surface area contributed by atoms with Crippen LogP contribution in [0.25, 0.3) is 0 Å². The van der Waals surface area contributed by atoms with Crippen molar-refractivity contribution in [2.75, 3.05) is 14.2 Å². The fourth-order valence-electron chi connectivity index (χ4n) is 3.56. The summed E-state index contributed by atoms with van der Waals surface area (Å²) in [5, 5.41) is 7.25. The SMILES string of the molecule is COc1c(C)cnc(CN(C)C(=O)c2n[nH]c3c2C[C@H](C)O[C@@H]3C)c1C. The van der Waals surface area contributed by atoms with E-state index >= 15 is 0 Å². The molecule has 0 saturated carbocycles. The lowest BCUT2D eigenvalue weighted by Gasteiger charge is -2.26. The number of hydrogen-bond donors (Lipinski definition) is 1. The zero-order valence-electron chi connectivity index (χ0n) is 16.2. The molecule has 0 bridgehead atoms. The van der Waals surface area contributed by atoms with Crippen LogP contribution in [0.4, 0.5) is 0 Å². The second-order valence-electron chi connectivity index (χ2n) is 6.96. The predicted molar refractivity (Wildman–Crippen MR) is 97.3 cm³/mol. The van der Waals surface area contributed by atoms with Gasteiger partial charge in [-0.25, -0.2) is 0 Å². The van der Waals surface area contributed by atoms with E-state index in [0.717, 1.165) is 33.8 Å². The van der Waals surface area contributed by atoms with Crippen LogP contribution in [0, 0.1) is 13.8 Å². The number of aromatic nitrogens is 3. The van der Waals surface area contributed by atoms with Gasteiger partial charge in [0.25, 0.3) is 5.91 Å². The molecule has 1 amide bonds. The molecule has 0 spiro atoms. The number of ether oxygens (including phenoxy) is 2. The number of hydrogen-bond acceptors (Lipinski definition) is 5. The molecule has 1 aliphatic rings. The summed E-state index contributed by atoms with van der Waals surface area (Å²) in [6.45, 7) is 8.29. The van der Waals surface area contributed by atoms with Crippen LogP contribution >= 0.6 is 0 Å². The lowest BCUT2D eigenvalue weighted by molar-refractivity contribution is -0.00701. The van der Waals surface area contributed by atoms with E-state index in [4.69, 9.17) is 9.47 Å². The molecule has 7 heteroatoms. The number of carbonyl (C=O) groups excluding carboxylic acids is 1. The molecule has 7 nitrogen and oxygen atoms in total. The van der Waals surface area contributed by atoms with E-state index in [1.807, 2.05) is 27.7 Å². The Balaban J connectivity index is 1.84. The molecular weight excluding hydrogens is 332 g/mol. The van der Waals surface area contributed by atoms with Gasteiger partial charge in [-0.3, -0.25) is 14.9 Å². The summed E-state index contributed by atoms with van der Waals surface area (Å²) in [6.07, 6.45) is 2.44. The van der Waals surface area contributed by atoms with Crippen molar-refractivity contribution in [3.8, 4) is 5.75 Å². The van der Waals surface area contributed by atoms with Crippen LogP contribution in [-0.2, 0) is 17.7 Å². The van der Waals surface area contributed by atoms with Gasteiger partial charge in [0, 0.05) is 36.4 Å². The lowest BCUT2D eigenvalue weighted by atomic mass is 9.99. The van der Waals surface area contributed by atoms with Gasteiger partial charge in [0.15, 0.2) is 5.69 Å². The molecule has 3 rings (SSSR count). The quantitative estimate of drug-likeness (QED) is 0.909. The Morgan fingerprint density at radius 3 is 2.85 bits per heavy atom. The maximum atomic E-state index is 13.0. The first-order valence-electron chi connectivity index (χ1n) is 8.80. The largest absolute Gasteiger partial charge is 0.496 e. The molecule has 2 atom stereocenters. The van der Waals surface area contributed by atoms with Gasteiger partial charge in [0.2, 0.25) is 0 Å². The van der Waals surface area contributed by atoms with Crippen LogP contribution in [-0.4, -0.2) is 46.2 Å². The van der Waals surface area contributed by atoms with Gasteiger partial charge in [-0.05, 0) is 27.7 Å². The summed E-state index contributed by atoms with van der Waals surface area (Å²) < 4.78 is 11.2. The second kappa shape index (κ2) is 7.07. The highest BCUT2D eigenvalue weighted by Gasteiger charge is 2.30. The Kier molecular flexibility index (Phi) is 5.00. The summed E-state index contributed by atoms with van der Waals surface area (Å²) >= 11 is 0. The van der Waals surface area contributed by atoms with Crippen LogP contribution < -0.4 is 4.74 Å². The van der Waals surface area contributed by atoms with Crippen LogP contribution in [0.3, 0.4) is 0 Å². The van der Waals surface area contributed by atoms with Crippen molar-refractivity contribution in [1.29, 1.82) is 0 Å². The standard InChI is InChI=1S/C19H26N4O3/c1-10-8-20-15(12(3)18(10)25-6)9-23(5)19(24)17-14-7-11(2)26-13(4)16(14)21-22-17/h8,11,13H,7,9H2,1-6H3,(H,21,22)/t11-,13+/m0/s1. The number of carbonyl (C=O) groups is 1. The topological polar surface area (TPSA) is 80.3 Å². The summed E-state index contributed by atoms with van der Waals surface area (Å²) in [5.41, 5.74) is 5.07. The van der Waals surface area contributed by atoms with E-state index in [0.29, 0.717) is 18.7 Å². The van der Waals surface area contributed by atoms with Gasteiger partial charge in [-0.15, -0.1) is 0 Å². The number of aromatic amines is 1. The number of H-pyrrole nitrogens is 1. The average Bonchev–Trinajstić information content (AvgIpc) is 3.01. The third-order valence-electron chi connectivity index (χ3n) is 4.92. The monoisotopic (exact) mass is 358 g/mol. The van der Waals surface area contributed by atoms with Crippen molar-refractivity contribution >= 4 is 5.91 Å². The van der Waals surface area contributed by atoms with E-state index < -0.39 is 0 Å². The van der Waals surface area contributed by atoms with E-state index in [1.165, 1.54) is 0 Å². The summed E-state index contributed by atoms with van der Waals surface area (Å²) in [4.78, 5) is 19.1. The Bertz CT molecular complexity index is 830. The molecule has 2 aromatic heterocycles. The van der Waals surface area contributed by atoms with E-state index in [9.17, 15) is 4.79 Å². The minimum Gasteiger partial charge on any atom is -0.496 e. The number of rotatable bonds is 4. The Morgan fingerprint density at radius 1 is 1.42 bits per heavy atom. The Morgan fingerprint density at radius 2 is 2.15 bits per heavy atom. The number of aryl methyl sites for hydroxylation is 1. The molecule has 26 heavy (non-hydrogen) atoms. The van der Waals surface area contributed by atoms with E-state index in [2.05, 4.69) is 15.2 Å². The van der Waals surface area contributed by atoms with Gasteiger partial charge in [-0.1, -0.05) is 0 Å². The smallest absolute Gasteiger partial charge is 0.274 e. The number of pyridine rings is 1. The maximum absolute atomic E-state index is 13.0. The molecule has 0 aliphatic carbocycles. The number of nitrogens with zero attached hydrogens (tertiary/aromatic N) is 3. The summed E-state index contributed by atoms with van der Waals surface area (Å²) in [7, 11) is 3.41. The van der Waals surface area contributed by atoms with Crippen LogP contribution in [0.2, 0.25) is 0 Å². The van der Waals surface area contributed by atoms with Crippen molar-refractivity contribution in [2.24, 2.45) is 0 Å². The summed E-state index contributed by atoms with van der Waals surface area (Å²) in [5.74, 6) is 0.692. The van der Waals surface area contributed by atoms with Crippen molar-refractivity contribution in [2.45, 2.75) is 52.9 Å². The summed E-state index contributed by atoms with van der Waals surface area (Å²) in [6, 6.07) is 0. The van der Waals surface area contributed by atoms with Gasteiger partial charge in [0.1, 0.15) is 5.75 Å². The molecule has 0 aromatic carbocycles. The Hall–Kier alpha value is -2.41. The van der Waals surface area contributed by atoms with Crippen LogP contribution in [0.1, 0.15) is 58.5 Å². The van der Waals surface area contributed by atoms with Gasteiger partial charge in [0.05, 0.1) is 37.3 Å². The number of fused-ring (bicyclic) bond motifs is 1. The van der Waals surface area contributed by atoms with E-state index in [-0.39, 0.29) is 18.1 Å². The molecule has 0 fully saturated rings. The molecule has 2 aromatic rings. The zero-order chi connectivity index (χ0) is 19.0. The average molecular weight is 358 g/mol. The number of methoxy groups -OCH3 is 1. The first-order valence-corrected chi connectivity index (χ1v) is 8.80. The lowest BCUT2D eigenvalue weighted by Crippen LogP contribution is -2.30. The van der Waals surface area contributed by atoms with Gasteiger partial charge < -0.3 is 14.4 Å². The molecule has 3 heterocycles. The maximum Gasteiger partial charge on any atom is 0.274 e. The fraction of sp³-hybridized carbons (Fsp3) is 0.526. The fourth-order valence-corrected chi connectivity index (χ4v) is 3.56. The molecule has 0 unspecified atom stereocenters. The van der Waals surface area contributed by atoms with Crippen molar-refractivity contribution in [3.63, 3.8) is 0 Å². The van der Waals surface area contributed by atoms with Crippen molar-refractivity contribution in [3.05, 3.63) is 40.0 Å². The predicted octanol–water partition coefficient (Wildman–Crippen LogP) is 2.72. The highest BCUT2D eigenvalue weighted by atomic mass is 16.5. The molecule has 1 N–H and O–H groups in total. The number of amides is 1. The molecule has 140 valence electrons.